The number of carbonyl (C=O) groups excluding carboxylic acids is 3. The molecule has 5 rings (SSSR count). The predicted octanol–water partition coefficient (Wildman–Crippen LogP) is 0.400. The van der Waals surface area contributed by atoms with Crippen molar-refractivity contribution in [1.82, 2.24) is 4.31 Å². The maximum absolute atomic E-state index is 15.2. The molecule has 0 radical (unpaired) electrons. The molecule has 7 N–H and O–H groups in total. The molecule has 1 saturated carbocycles. The van der Waals surface area contributed by atoms with Gasteiger partial charge in [-0.3, -0.25) is 14.4 Å². The first kappa shape index (κ1) is 27.1. The second kappa shape index (κ2) is 9.31. The third-order valence-corrected chi connectivity index (χ3v) is 10.0. The zero-order valence-electron chi connectivity index (χ0n) is 20.7. The normalized spacial score (nSPS) is 27.3. The number of anilines is 1. The Labute approximate surface area is 222 Å². The minimum Gasteiger partial charge on any atom is -0.508 e. The number of hydrogen-bond donors (Lipinski definition) is 6. The van der Waals surface area contributed by atoms with Gasteiger partial charge in [0.15, 0.2) is 11.4 Å². The van der Waals surface area contributed by atoms with Crippen LogP contribution in [-0.2, 0) is 30.8 Å². The summed E-state index contributed by atoms with van der Waals surface area (Å²) in [6, 6.07) is 0.966. The number of aliphatic hydroxyl groups excluding tert-OH is 2. The Morgan fingerprint density at radius 2 is 1.85 bits per heavy atom. The third-order valence-electron chi connectivity index (χ3n) is 8.14. The number of phenolic OH excluding ortho intramolecular Hbond substituents is 1. The number of Topliss-reactive ketones (excluding diaryl/α,β-unsaturated/α-hetero) is 2. The van der Waals surface area contributed by atoms with Gasteiger partial charge in [0.2, 0.25) is 15.8 Å². The van der Waals surface area contributed by atoms with E-state index in [0.29, 0.717) is 13.1 Å². The second-order valence-electron chi connectivity index (χ2n) is 10.4. The van der Waals surface area contributed by atoms with E-state index in [9.17, 15) is 43.2 Å². The zero-order chi connectivity index (χ0) is 28.4. The first-order valence-corrected chi connectivity index (χ1v) is 14.1. The van der Waals surface area contributed by atoms with Crippen molar-refractivity contribution in [1.29, 1.82) is 0 Å². The summed E-state index contributed by atoms with van der Waals surface area (Å²) in [5.74, 6) is -9.18. The molecule has 4 aliphatic rings. The van der Waals surface area contributed by atoms with Crippen LogP contribution < -0.4 is 11.1 Å². The van der Waals surface area contributed by atoms with E-state index in [0.717, 1.165) is 18.9 Å². The van der Waals surface area contributed by atoms with E-state index in [-0.39, 0.29) is 36.4 Å². The summed E-state index contributed by atoms with van der Waals surface area (Å²) in [5.41, 5.74) is 0.426. The highest BCUT2D eigenvalue weighted by atomic mass is 32.2. The molecule has 1 saturated heterocycles. The molecule has 1 aromatic carbocycles. The number of nitrogens with zero attached hydrogens (tertiary/aromatic N) is 1. The van der Waals surface area contributed by atoms with E-state index in [1.165, 1.54) is 4.31 Å². The smallest absolute Gasteiger partial charge is 0.255 e. The van der Waals surface area contributed by atoms with Crippen molar-refractivity contribution in [2.45, 2.75) is 37.7 Å². The molecular formula is C25H28FN3O9S. The number of amides is 1. The zero-order valence-corrected chi connectivity index (χ0v) is 21.6. The average molecular weight is 566 g/mol. The lowest BCUT2D eigenvalue weighted by atomic mass is 9.59. The van der Waals surface area contributed by atoms with E-state index < -0.39 is 91.1 Å². The fourth-order valence-electron chi connectivity index (χ4n) is 6.19. The Bertz CT molecular complexity index is 1480. The van der Waals surface area contributed by atoms with Crippen LogP contribution in [0.4, 0.5) is 10.1 Å². The van der Waals surface area contributed by atoms with Crippen LogP contribution >= 0.6 is 0 Å². The molecule has 1 aromatic rings. The van der Waals surface area contributed by atoms with Crippen molar-refractivity contribution in [3.05, 3.63) is 39.9 Å². The highest BCUT2D eigenvalue weighted by molar-refractivity contribution is 7.89. The fraction of sp³-hybridized carbons (Fsp3) is 0.480. The van der Waals surface area contributed by atoms with Crippen LogP contribution in [0.3, 0.4) is 0 Å². The number of benzene rings is 1. The van der Waals surface area contributed by atoms with Gasteiger partial charge >= 0.3 is 0 Å². The highest BCUT2D eigenvalue weighted by Crippen LogP contribution is 2.53. The van der Waals surface area contributed by atoms with Gasteiger partial charge in [0.05, 0.1) is 17.0 Å². The van der Waals surface area contributed by atoms with Crippen molar-refractivity contribution in [3.63, 3.8) is 0 Å². The number of nitrogens with one attached hydrogen (secondary N) is 1. The van der Waals surface area contributed by atoms with Crippen LogP contribution in [0.2, 0.25) is 0 Å². The number of sulfonamides is 1. The molecule has 3 aliphatic carbocycles. The Morgan fingerprint density at radius 3 is 2.49 bits per heavy atom. The lowest BCUT2D eigenvalue weighted by molar-refractivity contribution is -0.147. The summed E-state index contributed by atoms with van der Waals surface area (Å²) in [5, 5.41) is 46.6. The molecule has 39 heavy (non-hydrogen) atoms. The lowest BCUT2D eigenvalue weighted by Gasteiger charge is -2.46. The topological polar surface area (TPSA) is 208 Å². The number of halogens is 1. The fourth-order valence-corrected chi connectivity index (χ4v) is 7.62. The van der Waals surface area contributed by atoms with E-state index in [2.05, 4.69) is 5.32 Å². The summed E-state index contributed by atoms with van der Waals surface area (Å²) >= 11 is 0. The molecule has 1 amide bonds. The molecule has 0 spiro atoms. The second-order valence-corrected chi connectivity index (χ2v) is 12.5. The Morgan fingerprint density at radius 1 is 1.18 bits per heavy atom. The van der Waals surface area contributed by atoms with Gasteiger partial charge in [0.25, 0.3) is 5.91 Å². The molecule has 1 heterocycles. The quantitative estimate of drug-likeness (QED) is 0.207. The van der Waals surface area contributed by atoms with Gasteiger partial charge in [-0.1, -0.05) is 0 Å². The van der Waals surface area contributed by atoms with Gasteiger partial charge in [-0.25, -0.2) is 17.1 Å². The monoisotopic (exact) mass is 565 g/mol. The highest BCUT2D eigenvalue weighted by Gasteiger charge is 2.60. The summed E-state index contributed by atoms with van der Waals surface area (Å²) in [7, 11) is -3.56. The molecule has 1 aliphatic heterocycles. The number of carbonyl (C=O) groups is 3. The Balaban J connectivity index is 1.50. The lowest BCUT2D eigenvalue weighted by Crippen LogP contribution is -2.58. The summed E-state index contributed by atoms with van der Waals surface area (Å²) < 4.78 is 41.5. The van der Waals surface area contributed by atoms with Gasteiger partial charge in [-0.05, 0) is 31.6 Å². The molecule has 1 unspecified atom stereocenters. The average Bonchev–Trinajstić information content (AvgIpc) is 3.40. The third kappa shape index (κ3) is 4.08. The van der Waals surface area contributed by atoms with Crippen molar-refractivity contribution < 1.29 is 47.6 Å². The summed E-state index contributed by atoms with van der Waals surface area (Å²) in [6.45, 7) is 0.670. The minimum absolute atomic E-state index is 0.105. The standard InChI is InChI=1S/C25H28FN3O9S/c26-14-10-15(28-3-6-39(37,38)29-4-1-2-5-29)20(31)18-13(14)8-11-7-12-9-16(30)19(24(27)35)23(34)25(12,36)22(33)17(11)21(18)32/h10-12,28,31-32,34,36H,1-9H2,(H2,27,35)/t11?,12-,25-/m0/s1. The molecule has 210 valence electrons. The molecule has 0 aromatic heterocycles. The molecule has 2 fully saturated rings. The largest absolute Gasteiger partial charge is 0.508 e. The number of primary amides is 1. The number of aliphatic hydroxyl groups is 3. The van der Waals surface area contributed by atoms with Gasteiger partial charge in [0.1, 0.15) is 28.7 Å². The van der Waals surface area contributed by atoms with E-state index in [4.69, 9.17) is 5.73 Å². The summed E-state index contributed by atoms with van der Waals surface area (Å²) in [4.78, 5) is 37.6. The van der Waals surface area contributed by atoms with Gasteiger partial charge in [-0.15, -0.1) is 0 Å². The van der Waals surface area contributed by atoms with Crippen molar-refractivity contribution >= 4 is 38.9 Å². The first-order chi connectivity index (χ1) is 18.3. The van der Waals surface area contributed by atoms with E-state index in [1.807, 2.05) is 0 Å². The number of hydrogen-bond acceptors (Lipinski definition) is 10. The van der Waals surface area contributed by atoms with Crippen molar-refractivity contribution in [2.75, 3.05) is 30.7 Å². The Kier molecular flexibility index (Phi) is 6.47. The Hall–Kier alpha value is -3.49. The SMILES string of the molecule is NC(=O)C1=C(O)[C@@]2(O)C(=O)C3=C(O)c4c(O)c(NCCS(=O)(=O)N5CCCC5)cc(F)c4CC3C[C@H]2CC1=O. The maximum atomic E-state index is 15.2. The molecule has 3 atom stereocenters. The van der Waals surface area contributed by atoms with E-state index in [1.54, 1.807) is 0 Å². The van der Waals surface area contributed by atoms with Gasteiger partial charge in [0, 0.05) is 49.2 Å². The van der Waals surface area contributed by atoms with Gasteiger partial charge in [-0.2, -0.15) is 0 Å². The number of rotatable bonds is 6. The van der Waals surface area contributed by atoms with Crippen molar-refractivity contribution in [2.24, 2.45) is 17.6 Å². The molecular weight excluding hydrogens is 537 g/mol. The molecule has 12 nitrogen and oxygen atoms in total. The predicted molar refractivity (Wildman–Crippen MR) is 134 cm³/mol. The molecule has 0 bridgehead atoms. The number of nitrogens with two attached hydrogens (primary N) is 1. The van der Waals surface area contributed by atoms with Crippen LogP contribution in [-0.4, -0.2) is 81.6 Å². The number of fused-ring (bicyclic) bond motifs is 3. The van der Waals surface area contributed by atoms with E-state index >= 15 is 4.39 Å². The molecule has 14 heteroatoms. The number of aromatic hydroxyl groups is 1. The number of phenols is 1. The number of ketones is 2. The minimum atomic E-state index is -3.56. The van der Waals surface area contributed by atoms with Crippen molar-refractivity contribution in [3.8, 4) is 5.75 Å². The van der Waals surface area contributed by atoms with Crippen LogP contribution in [0.5, 0.6) is 5.75 Å². The van der Waals surface area contributed by atoms with Crippen LogP contribution in [0.25, 0.3) is 5.76 Å². The summed E-state index contributed by atoms with van der Waals surface area (Å²) in [6.07, 6.45) is 0.773. The first-order valence-electron chi connectivity index (χ1n) is 12.5. The van der Waals surface area contributed by atoms with Gasteiger partial charge < -0.3 is 31.5 Å². The van der Waals surface area contributed by atoms with Crippen LogP contribution in [0.1, 0.15) is 36.8 Å². The maximum Gasteiger partial charge on any atom is 0.255 e. The van der Waals surface area contributed by atoms with Crippen LogP contribution in [0, 0.1) is 17.7 Å². The van der Waals surface area contributed by atoms with Crippen LogP contribution in [0.15, 0.2) is 23.0 Å².